The topological polar surface area (TPSA) is 144 Å². The fourth-order valence-corrected chi connectivity index (χ4v) is 10.00. The van der Waals surface area contributed by atoms with E-state index >= 15 is 0 Å². The minimum Gasteiger partial charge on any atom is -0.493 e. The van der Waals surface area contributed by atoms with Gasteiger partial charge in [0, 0.05) is 98.3 Å². The summed E-state index contributed by atoms with van der Waals surface area (Å²) in [5.41, 5.74) is 7.15. The number of carboxylic acid groups (broad SMARTS) is 1. The van der Waals surface area contributed by atoms with E-state index in [2.05, 4.69) is 15.3 Å². The van der Waals surface area contributed by atoms with E-state index in [0.717, 1.165) is 60.7 Å². The number of imide groups is 1. The van der Waals surface area contributed by atoms with Crippen LogP contribution in [0.5, 0.6) is 5.75 Å². The number of carbonyl (C=O) groups excluding carboxylic acids is 3. The summed E-state index contributed by atoms with van der Waals surface area (Å²) >= 11 is 7.07. The maximum Gasteiger partial charge on any atom is 0.352 e. The van der Waals surface area contributed by atoms with Crippen molar-refractivity contribution in [3.63, 3.8) is 0 Å². The number of carboxylic acids is 1. The van der Waals surface area contributed by atoms with Crippen molar-refractivity contribution in [2.75, 3.05) is 39.3 Å². The summed E-state index contributed by atoms with van der Waals surface area (Å²) in [5, 5.41) is 21.8. The van der Waals surface area contributed by atoms with Crippen molar-refractivity contribution < 1.29 is 33.4 Å². The van der Waals surface area contributed by atoms with Gasteiger partial charge in [0.25, 0.3) is 5.91 Å². The van der Waals surface area contributed by atoms with Crippen molar-refractivity contribution in [3.05, 3.63) is 118 Å². The van der Waals surface area contributed by atoms with Gasteiger partial charge in [0.2, 0.25) is 11.8 Å². The van der Waals surface area contributed by atoms with Crippen molar-refractivity contribution in [2.45, 2.75) is 52.0 Å². The third kappa shape index (κ3) is 7.78. The summed E-state index contributed by atoms with van der Waals surface area (Å²) in [6.45, 7) is 7.28. The van der Waals surface area contributed by atoms with Crippen LogP contribution in [0.4, 0.5) is 4.39 Å². The number of aromatic nitrogens is 4. The Hall–Kier alpha value is -6.51. The smallest absolute Gasteiger partial charge is 0.352 e. The van der Waals surface area contributed by atoms with E-state index in [0.29, 0.717) is 93.6 Å². The number of nitrogens with zero attached hydrogens (tertiary/aromatic N) is 6. The first-order valence-electron chi connectivity index (χ1n) is 21.6. The Balaban J connectivity index is 0.952. The van der Waals surface area contributed by atoms with Crippen LogP contribution in [-0.4, -0.2) is 96.8 Å². The first kappa shape index (κ1) is 42.8. The van der Waals surface area contributed by atoms with Crippen LogP contribution in [0.3, 0.4) is 0 Å². The first-order chi connectivity index (χ1) is 30.8. The number of hydrogen-bond acceptors (Lipinski definition) is 7. The van der Waals surface area contributed by atoms with E-state index in [1.54, 1.807) is 6.07 Å². The Morgan fingerprint density at radius 3 is 2.44 bits per heavy atom. The molecule has 0 aliphatic carbocycles. The zero-order chi connectivity index (χ0) is 45.0. The predicted octanol–water partition coefficient (Wildman–Crippen LogP) is 7.78. The molecule has 330 valence electrons. The van der Waals surface area contributed by atoms with E-state index in [9.17, 15) is 28.7 Å². The fraction of sp³-hybridized carbons (Fsp3) is 0.327. The molecule has 9 rings (SSSR count). The number of halogens is 2. The highest BCUT2D eigenvalue weighted by Crippen LogP contribution is 2.42. The fourth-order valence-electron chi connectivity index (χ4n) is 9.75. The van der Waals surface area contributed by atoms with Crippen molar-refractivity contribution in [1.29, 1.82) is 0 Å². The average Bonchev–Trinajstić information content (AvgIpc) is 3.87. The second-order valence-electron chi connectivity index (χ2n) is 16.9. The number of carbonyl (C=O) groups is 4. The van der Waals surface area contributed by atoms with Gasteiger partial charge in [-0.2, -0.15) is 5.10 Å². The molecule has 2 aliphatic rings. The molecule has 2 aliphatic heterocycles. The van der Waals surface area contributed by atoms with Crippen LogP contribution < -0.4 is 10.1 Å². The Morgan fingerprint density at radius 1 is 0.922 bits per heavy atom. The number of benzene rings is 4. The lowest BCUT2D eigenvalue weighted by Gasteiger charge is -2.35. The lowest BCUT2D eigenvalue weighted by molar-refractivity contribution is -0.134. The van der Waals surface area contributed by atoms with Gasteiger partial charge in [0.15, 0.2) is 0 Å². The lowest BCUT2D eigenvalue weighted by Crippen LogP contribution is -2.49. The molecule has 0 radical (unpaired) electrons. The van der Waals surface area contributed by atoms with Gasteiger partial charge in [-0.3, -0.25) is 29.3 Å². The molecule has 3 aromatic heterocycles. The maximum absolute atomic E-state index is 14.0. The van der Waals surface area contributed by atoms with E-state index < -0.39 is 11.9 Å². The van der Waals surface area contributed by atoms with Crippen LogP contribution in [-0.2, 0) is 36.6 Å². The molecule has 1 atom stereocenters. The Labute approximate surface area is 373 Å². The van der Waals surface area contributed by atoms with Crippen molar-refractivity contribution in [3.8, 4) is 16.9 Å². The molecule has 13 nitrogen and oxygen atoms in total. The third-order valence-electron chi connectivity index (χ3n) is 13.1. The van der Waals surface area contributed by atoms with Gasteiger partial charge in [-0.15, -0.1) is 0 Å². The van der Waals surface area contributed by atoms with Crippen LogP contribution in [0.15, 0.2) is 72.8 Å². The number of ether oxygens (including phenoxy) is 1. The number of amides is 3. The largest absolute Gasteiger partial charge is 0.493 e. The average molecular weight is 886 g/mol. The quantitative estimate of drug-likeness (QED) is 0.0936. The van der Waals surface area contributed by atoms with Gasteiger partial charge in [-0.25, -0.2) is 9.18 Å². The standard InChI is InChI=1S/C49H49ClFN7O6/c1-28-43(29(2)55(4)53-28)44-38(50)15-13-37-36(8-6-24-64-41-9-5-7-30-26-33(51)11-12-34(30)41)46(49(62)63)58(45(37)44)23-20-56-18-21-57(22-19-56)48(61)40-27-32-25-31(10-16-39(32)54(40)3)35-14-17-42(59)52-47(35)60/h5,7,9-13,15-16,25-27,35H,6,8,14,17-24H2,1-4H3,(H,62,63)(H,52,59,60). The zero-order valence-electron chi connectivity index (χ0n) is 36.2. The van der Waals surface area contributed by atoms with Gasteiger partial charge in [0.1, 0.15) is 23.0 Å². The second kappa shape index (κ2) is 17.2. The monoisotopic (exact) mass is 885 g/mol. The van der Waals surface area contributed by atoms with Crippen LogP contribution in [0.2, 0.25) is 5.02 Å². The second-order valence-corrected chi connectivity index (χ2v) is 17.3. The molecule has 1 unspecified atom stereocenters. The van der Waals surface area contributed by atoms with Crippen molar-refractivity contribution in [1.82, 2.24) is 34.0 Å². The summed E-state index contributed by atoms with van der Waals surface area (Å²) in [6.07, 6.45) is 1.68. The normalized spacial score (nSPS) is 16.0. The molecule has 2 fully saturated rings. The van der Waals surface area contributed by atoms with Gasteiger partial charge in [0.05, 0.1) is 28.8 Å². The Kier molecular flexibility index (Phi) is 11.5. The van der Waals surface area contributed by atoms with Crippen LogP contribution in [0.25, 0.3) is 43.7 Å². The number of hydrogen-bond donors (Lipinski definition) is 2. The highest BCUT2D eigenvalue weighted by atomic mass is 35.5. The molecule has 3 amide bonds. The van der Waals surface area contributed by atoms with E-state index in [-0.39, 0.29) is 29.2 Å². The first-order valence-corrected chi connectivity index (χ1v) is 22.0. The van der Waals surface area contributed by atoms with Gasteiger partial charge in [-0.05, 0) is 98.2 Å². The number of piperidine rings is 1. The lowest BCUT2D eigenvalue weighted by atomic mass is 9.90. The van der Waals surface area contributed by atoms with Gasteiger partial charge >= 0.3 is 5.97 Å². The van der Waals surface area contributed by atoms with Crippen LogP contribution >= 0.6 is 11.6 Å². The van der Waals surface area contributed by atoms with Crippen LogP contribution in [0, 0.1) is 19.7 Å². The van der Waals surface area contributed by atoms with Crippen molar-refractivity contribution in [2.24, 2.45) is 14.1 Å². The maximum atomic E-state index is 14.0. The molecule has 4 aromatic carbocycles. The molecule has 5 heterocycles. The van der Waals surface area contributed by atoms with Gasteiger partial charge < -0.3 is 23.9 Å². The summed E-state index contributed by atoms with van der Waals surface area (Å²) < 4.78 is 25.7. The minimum atomic E-state index is -1.04. The number of rotatable bonds is 12. The Morgan fingerprint density at radius 2 is 1.70 bits per heavy atom. The summed E-state index contributed by atoms with van der Waals surface area (Å²) in [6, 6.07) is 21.5. The molecule has 64 heavy (non-hydrogen) atoms. The molecule has 15 heteroatoms. The number of nitrogens with one attached hydrogen (secondary N) is 1. The number of aromatic carboxylic acids is 1. The zero-order valence-corrected chi connectivity index (χ0v) is 37.0. The molecule has 0 saturated carbocycles. The van der Waals surface area contributed by atoms with Crippen LogP contribution in [0.1, 0.15) is 68.7 Å². The number of piperazine rings is 1. The number of aryl methyl sites for hydroxylation is 4. The van der Waals surface area contributed by atoms with E-state index in [1.807, 2.05) is 101 Å². The highest BCUT2D eigenvalue weighted by Gasteiger charge is 2.31. The highest BCUT2D eigenvalue weighted by molar-refractivity contribution is 6.35. The Bertz CT molecular complexity index is 3030. The third-order valence-corrected chi connectivity index (χ3v) is 13.4. The SMILES string of the molecule is Cc1nn(C)c(C)c1-c1c(Cl)ccc2c(CCCOc3cccc4cc(F)ccc34)c(C(=O)O)n(CCN3CCN(C(=O)c4cc5cc(C6CCC(=O)NC6=O)ccc5n4C)CC3)c12. The van der Waals surface area contributed by atoms with Crippen molar-refractivity contribution >= 4 is 67.9 Å². The minimum absolute atomic E-state index is 0.0880. The van der Waals surface area contributed by atoms with E-state index in [1.165, 1.54) is 12.1 Å². The van der Waals surface area contributed by atoms with E-state index in [4.69, 9.17) is 16.3 Å². The molecule has 2 saturated heterocycles. The molecular weight excluding hydrogens is 837 g/mol. The molecule has 0 spiro atoms. The molecule has 2 N–H and O–H groups in total. The summed E-state index contributed by atoms with van der Waals surface area (Å²) in [4.78, 5) is 55.8. The number of fused-ring (bicyclic) bond motifs is 3. The molecule has 0 bridgehead atoms. The summed E-state index contributed by atoms with van der Waals surface area (Å²) in [7, 11) is 3.74. The molecular formula is C49H49ClFN7O6. The molecule has 7 aromatic rings. The summed E-state index contributed by atoms with van der Waals surface area (Å²) in [5.74, 6) is -1.79. The van der Waals surface area contributed by atoms with Gasteiger partial charge in [-0.1, -0.05) is 35.9 Å². The predicted molar refractivity (Wildman–Crippen MR) is 244 cm³/mol.